The minimum Gasteiger partial charge on any atom is -0.493 e. The fourth-order valence-electron chi connectivity index (χ4n) is 3.53. The number of halogens is 3. The molecule has 0 atom stereocenters. The summed E-state index contributed by atoms with van der Waals surface area (Å²) in [5, 5.41) is 5.71. The van der Waals surface area contributed by atoms with E-state index in [4.69, 9.17) is 26.1 Å². The van der Waals surface area contributed by atoms with E-state index >= 15 is 0 Å². The fraction of sp³-hybridized carbons (Fsp3) is 0.222. The van der Waals surface area contributed by atoms with Crippen molar-refractivity contribution in [2.45, 2.75) is 32.8 Å². The van der Waals surface area contributed by atoms with Crippen LogP contribution in [0.25, 0.3) is 10.9 Å². The highest BCUT2D eigenvalue weighted by Gasteiger charge is 2.23. The van der Waals surface area contributed by atoms with Gasteiger partial charge in [-0.25, -0.2) is 4.98 Å². The van der Waals surface area contributed by atoms with E-state index < -0.39 is 5.41 Å². The second-order valence-electron chi connectivity index (χ2n) is 9.15. The van der Waals surface area contributed by atoms with Crippen LogP contribution in [-0.4, -0.2) is 23.0 Å². The Morgan fingerprint density at radius 2 is 1.78 bits per heavy atom. The number of fused-ring (bicyclic) bond motifs is 1. The highest BCUT2D eigenvalue weighted by Crippen LogP contribution is 2.34. The molecule has 36 heavy (non-hydrogen) atoms. The third kappa shape index (κ3) is 5.82. The summed E-state index contributed by atoms with van der Waals surface area (Å²) in [7, 11) is 1.58. The van der Waals surface area contributed by atoms with Crippen molar-refractivity contribution in [2.75, 3.05) is 7.11 Å². The third-order valence-electron chi connectivity index (χ3n) is 5.38. The molecule has 3 aromatic carbocycles. The lowest BCUT2D eigenvalue weighted by atomic mass is 9.95. The molecule has 0 fully saturated rings. The first kappa shape index (κ1) is 26.4. The SMILES string of the molecule is COc1cc(C=Nn2c(C(C)(C)C)nc3ccc(Br)cc3c2=O)c(Br)cc1OCc1ccc(Cl)cc1. The van der Waals surface area contributed by atoms with Crippen LogP contribution in [0.3, 0.4) is 0 Å². The monoisotopic (exact) mass is 631 g/mol. The van der Waals surface area contributed by atoms with Crippen LogP contribution in [0.1, 0.15) is 37.7 Å². The number of hydrogen-bond acceptors (Lipinski definition) is 5. The Balaban J connectivity index is 1.71. The van der Waals surface area contributed by atoms with Crippen molar-refractivity contribution in [2.24, 2.45) is 5.10 Å². The van der Waals surface area contributed by atoms with Crippen LogP contribution < -0.4 is 15.0 Å². The summed E-state index contributed by atoms with van der Waals surface area (Å²) in [5.41, 5.74) is 1.67. The Kier molecular flexibility index (Phi) is 7.87. The van der Waals surface area contributed by atoms with Crippen LogP contribution in [0.4, 0.5) is 0 Å². The average Bonchev–Trinajstić information content (AvgIpc) is 2.83. The van der Waals surface area contributed by atoms with E-state index in [2.05, 4.69) is 37.0 Å². The van der Waals surface area contributed by atoms with E-state index in [-0.39, 0.29) is 5.56 Å². The molecular weight excluding hydrogens is 610 g/mol. The molecule has 0 radical (unpaired) electrons. The van der Waals surface area contributed by atoms with Crippen molar-refractivity contribution >= 4 is 60.6 Å². The van der Waals surface area contributed by atoms with Crippen molar-refractivity contribution in [3.05, 3.63) is 95.9 Å². The number of rotatable bonds is 6. The van der Waals surface area contributed by atoms with E-state index in [1.165, 1.54) is 4.68 Å². The normalized spacial score (nSPS) is 11.9. The minimum absolute atomic E-state index is 0.242. The summed E-state index contributed by atoms with van der Waals surface area (Å²) in [5.74, 6) is 1.67. The zero-order valence-corrected chi connectivity index (χ0v) is 24.1. The van der Waals surface area contributed by atoms with Crippen LogP contribution in [0.5, 0.6) is 11.5 Å². The average molecular weight is 634 g/mol. The van der Waals surface area contributed by atoms with Gasteiger partial charge in [-0.15, -0.1) is 0 Å². The third-order valence-corrected chi connectivity index (χ3v) is 6.81. The van der Waals surface area contributed by atoms with E-state index in [0.29, 0.717) is 45.4 Å². The number of ether oxygens (including phenoxy) is 2. The number of methoxy groups -OCH3 is 1. The molecule has 0 amide bonds. The van der Waals surface area contributed by atoms with Gasteiger partial charge in [0, 0.05) is 24.9 Å². The molecule has 6 nitrogen and oxygen atoms in total. The number of benzene rings is 3. The highest BCUT2D eigenvalue weighted by molar-refractivity contribution is 9.10. The summed E-state index contributed by atoms with van der Waals surface area (Å²) in [6.07, 6.45) is 1.61. The van der Waals surface area contributed by atoms with Crippen molar-refractivity contribution < 1.29 is 9.47 Å². The first-order valence-corrected chi connectivity index (χ1v) is 13.0. The molecule has 0 spiro atoms. The molecule has 0 saturated heterocycles. The number of aromatic nitrogens is 2. The Morgan fingerprint density at radius 3 is 2.44 bits per heavy atom. The van der Waals surface area contributed by atoms with Gasteiger partial charge in [-0.1, -0.05) is 60.4 Å². The molecule has 0 N–H and O–H groups in total. The van der Waals surface area contributed by atoms with Crippen molar-refractivity contribution in [1.82, 2.24) is 9.66 Å². The summed E-state index contributed by atoms with van der Waals surface area (Å²) >= 11 is 13.0. The molecule has 9 heteroatoms. The van der Waals surface area contributed by atoms with Gasteiger partial charge in [-0.2, -0.15) is 9.78 Å². The molecule has 4 aromatic rings. The van der Waals surface area contributed by atoms with Gasteiger partial charge in [0.15, 0.2) is 11.5 Å². The predicted molar refractivity (Wildman–Crippen MR) is 152 cm³/mol. The van der Waals surface area contributed by atoms with Gasteiger partial charge < -0.3 is 9.47 Å². The topological polar surface area (TPSA) is 65.7 Å². The fourth-order valence-corrected chi connectivity index (χ4v) is 4.44. The Hall–Kier alpha value is -2.68. The van der Waals surface area contributed by atoms with Gasteiger partial charge in [0.2, 0.25) is 0 Å². The van der Waals surface area contributed by atoms with Gasteiger partial charge in [-0.05, 0) is 64.0 Å². The van der Waals surface area contributed by atoms with Crippen LogP contribution >= 0.6 is 43.5 Å². The lowest BCUT2D eigenvalue weighted by Crippen LogP contribution is -2.29. The van der Waals surface area contributed by atoms with Gasteiger partial charge >= 0.3 is 0 Å². The lowest BCUT2D eigenvalue weighted by molar-refractivity contribution is 0.284. The van der Waals surface area contributed by atoms with Gasteiger partial charge in [0.05, 0.1) is 24.2 Å². The molecule has 0 saturated carbocycles. The second-order valence-corrected chi connectivity index (χ2v) is 11.4. The quantitative estimate of drug-likeness (QED) is 0.209. The van der Waals surface area contributed by atoms with Crippen molar-refractivity contribution in [1.29, 1.82) is 0 Å². The molecule has 0 bridgehead atoms. The Morgan fingerprint density at radius 1 is 1.06 bits per heavy atom. The number of hydrogen-bond donors (Lipinski definition) is 0. The van der Waals surface area contributed by atoms with Gasteiger partial charge in [-0.3, -0.25) is 4.79 Å². The zero-order valence-electron chi connectivity index (χ0n) is 20.2. The molecule has 0 unspecified atom stereocenters. The molecule has 4 rings (SSSR count). The molecule has 1 heterocycles. The maximum absolute atomic E-state index is 13.4. The zero-order chi connectivity index (χ0) is 26.0. The maximum Gasteiger partial charge on any atom is 0.282 e. The van der Waals surface area contributed by atoms with Crippen molar-refractivity contribution in [3.8, 4) is 11.5 Å². The predicted octanol–water partition coefficient (Wildman–Crippen LogP) is 7.34. The maximum atomic E-state index is 13.4. The standard InChI is InChI=1S/C27H24Br2ClN3O3/c1-27(2,3)26-32-22-10-7-18(28)12-20(22)25(34)33(26)31-14-17-11-23(35-4)24(13-21(17)29)36-15-16-5-8-19(30)9-6-16/h5-14H,15H2,1-4H3. The van der Waals surface area contributed by atoms with Crippen LogP contribution in [0.2, 0.25) is 5.02 Å². The van der Waals surface area contributed by atoms with Crippen LogP contribution in [0, 0.1) is 0 Å². The molecule has 1 aromatic heterocycles. The molecular formula is C27H24Br2ClN3O3. The number of nitrogens with zero attached hydrogens (tertiary/aromatic N) is 3. The van der Waals surface area contributed by atoms with Gasteiger partial charge in [0.25, 0.3) is 5.56 Å². The molecule has 0 aliphatic rings. The van der Waals surface area contributed by atoms with E-state index in [1.54, 1.807) is 25.5 Å². The van der Waals surface area contributed by atoms with Crippen LogP contribution in [0.15, 0.2) is 73.4 Å². The first-order chi connectivity index (χ1) is 17.1. The highest BCUT2D eigenvalue weighted by atomic mass is 79.9. The van der Waals surface area contributed by atoms with E-state index in [9.17, 15) is 4.79 Å². The van der Waals surface area contributed by atoms with E-state index in [0.717, 1.165) is 14.5 Å². The van der Waals surface area contributed by atoms with Gasteiger partial charge in [0.1, 0.15) is 12.4 Å². The Bertz CT molecular complexity index is 1510. The second kappa shape index (κ2) is 10.7. The first-order valence-electron chi connectivity index (χ1n) is 11.1. The Labute approximate surface area is 231 Å². The summed E-state index contributed by atoms with van der Waals surface area (Å²) in [6, 6.07) is 16.5. The smallest absolute Gasteiger partial charge is 0.282 e. The van der Waals surface area contributed by atoms with Crippen LogP contribution in [-0.2, 0) is 12.0 Å². The summed E-state index contributed by atoms with van der Waals surface area (Å²) < 4.78 is 14.4. The molecule has 0 aliphatic carbocycles. The summed E-state index contributed by atoms with van der Waals surface area (Å²) in [6.45, 7) is 6.35. The summed E-state index contributed by atoms with van der Waals surface area (Å²) in [4.78, 5) is 18.1. The van der Waals surface area contributed by atoms with Crippen molar-refractivity contribution in [3.63, 3.8) is 0 Å². The molecule has 186 valence electrons. The van der Waals surface area contributed by atoms with E-state index in [1.807, 2.05) is 63.2 Å². The minimum atomic E-state index is -0.411. The largest absolute Gasteiger partial charge is 0.493 e. The molecule has 0 aliphatic heterocycles. The lowest BCUT2D eigenvalue weighted by Gasteiger charge is -2.21.